The molecule has 8 nitrogen and oxygen atoms in total. The molecule has 0 aromatic carbocycles. The van der Waals surface area contributed by atoms with Gasteiger partial charge in [-0.15, -0.1) is 5.10 Å². The number of hydrogen-bond donors (Lipinski definition) is 0. The molecule has 0 N–H and O–H groups in total. The number of aromatic nitrogens is 3. The highest BCUT2D eigenvalue weighted by molar-refractivity contribution is 5.88. The molecule has 1 aliphatic carbocycles. The summed E-state index contributed by atoms with van der Waals surface area (Å²) in [4.78, 5) is 31.7. The van der Waals surface area contributed by atoms with Crippen LogP contribution in [-0.4, -0.2) is 57.3 Å². The van der Waals surface area contributed by atoms with Crippen LogP contribution >= 0.6 is 0 Å². The van der Waals surface area contributed by atoms with E-state index in [-0.39, 0.29) is 24.5 Å². The molecule has 2 aromatic heterocycles. The number of carbonyl (C=O) groups excluding carboxylic acids is 2. The third-order valence-corrected chi connectivity index (χ3v) is 6.27. The number of ether oxygens (including phenoxy) is 2. The van der Waals surface area contributed by atoms with Crippen molar-refractivity contribution in [3.8, 4) is 5.88 Å². The van der Waals surface area contributed by atoms with E-state index >= 15 is 0 Å². The number of rotatable bonds is 4. The van der Waals surface area contributed by atoms with E-state index in [1.807, 2.05) is 27.0 Å². The predicted octanol–water partition coefficient (Wildman–Crippen LogP) is 2.30. The van der Waals surface area contributed by atoms with Gasteiger partial charge >= 0.3 is 5.97 Å². The van der Waals surface area contributed by atoms with Crippen molar-refractivity contribution >= 4 is 22.9 Å². The standard InChI is InChI=1S/C21H28N4O4/c1-12-9-13(2)22-19-18(12)20(23-24(19)3)29-11-17(26)25-15-8-6-5-7-14(15)10-16(25)21(27)28-4/h9,14-16H,5-8,10-11H2,1-4H3. The Balaban J connectivity index is 1.56. The Bertz CT molecular complexity index is 954. The van der Waals surface area contributed by atoms with Crippen LogP contribution in [0, 0.1) is 19.8 Å². The van der Waals surface area contributed by atoms with Gasteiger partial charge in [-0.1, -0.05) is 12.8 Å². The Kier molecular flexibility index (Phi) is 5.19. The van der Waals surface area contributed by atoms with Crippen LogP contribution in [-0.2, 0) is 21.4 Å². The summed E-state index contributed by atoms with van der Waals surface area (Å²) in [6, 6.07) is 1.55. The van der Waals surface area contributed by atoms with Gasteiger partial charge in [-0.2, -0.15) is 0 Å². The van der Waals surface area contributed by atoms with Crippen molar-refractivity contribution in [1.29, 1.82) is 0 Å². The average molecular weight is 400 g/mol. The van der Waals surface area contributed by atoms with Crippen LogP contribution in [0.15, 0.2) is 6.07 Å². The van der Waals surface area contributed by atoms with Crippen molar-refractivity contribution in [1.82, 2.24) is 19.7 Å². The maximum atomic E-state index is 13.1. The topological polar surface area (TPSA) is 86.5 Å². The minimum atomic E-state index is -0.518. The molecule has 29 heavy (non-hydrogen) atoms. The first kappa shape index (κ1) is 19.7. The minimum Gasteiger partial charge on any atom is -0.467 e. The van der Waals surface area contributed by atoms with Gasteiger partial charge in [0.05, 0.1) is 12.5 Å². The highest BCUT2D eigenvalue weighted by Crippen LogP contribution is 2.40. The number of fused-ring (bicyclic) bond motifs is 2. The van der Waals surface area contributed by atoms with E-state index < -0.39 is 6.04 Å². The lowest BCUT2D eigenvalue weighted by molar-refractivity contribution is -0.153. The number of likely N-dealkylation sites (tertiary alicyclic amines) is 1. The van der Waals surface area contributed by atoms with Crippen LogP contribution in [0.1, 0.15) is 43.4 Å². The lowest BCUT2D eigenvalue weighted by atomic mass is 9.85. The average Bonchev–Trinajstić information content (AvgIpc) is 3.24. The second kappa shape index (κ2) is 7.65. The molecule has 0 radical (unpaired) electrons. The fraction of sp³-hybridized carbons (Fsp3) is 0.619. The molecule has 1 amide bonds. The van der Waals surface area contributed by atoms with Crippen LogP contribution < -0.4 is 4.74 Å². The fourth-order valence-electron chi connectivity index (χ4n) is 5.02. The van der Waals surface area contributed by atoms with E-state index in [9.17, 15) is 9.59 Å². The number of esters is 1. The van der Waals surface area contributed by atoms with Gasteiger partial charge in [0, 0.05) is 18.8 Å². The zero-order valence-electron chi connectivity index (χ0n) is 17.5. The summed E-state index contributed by atoms with van der Waals surface area (Å²) in [5.41, 5.74) is 2.64. The van der Waals surface area contributed by atoms with Gasteiger partial charge in [-0.25, -0.2) is 14.5 Å². The van der Waals surface area contributed by atoms with E-state index in [4.69, 9.17) is 9.47 Å². The second-order valence-electron chi connectivity index (χ2n) is 8.18. The van der Waals surface area contributed by atoms with E-state index in [1.54, 1.807) is 9.58 Å². The molecular formula is C21H28N4O4. The Morgan fingerprint density at radius 1 is 1.24 bits per heavy atom. The van der Waals surface area contributed by atoms with Gasteiger partial charge < -0.3 is 14.4 Å². The van der Waals surface area contributed by atoms with Crippen molar-refractivity contribution < 1.29 is 19.1 Å². The van der Waals surface area contributed by atoms with Crippen LogP contribution in [0.4, 0.5) is 0 Å². The normalized spacial score (nSPS) is 23.9. The third-order valence-electron chi connectivity index (χ3n) is 6.27. The minimum absolute atomic E-state index is 0.0930. The van der Waals surface area contributed by atoms with Gasteiger partial charge in [0.2, 0.25) is 5.88 Å². The molecule has 2 aliphatic rings. The molecule has 8 heteroatoms. The Morgan fingerprint density at radius 3 is 2.76 bits per heavy atom. The molecule has 3 heterocycles. The number of methoxy groups -OCH3 is 1. The zero-order chi connectivity index (χ0) is 20.7. The number of nitrogens with zero attached hydrogens (tertiary/aromatic N) is 4. The predicted molar refractivity (Wildman–Crippen MR) is 106 cm³/mol. The van der Waals surface area contributed by atoms with Gasteiger partial charge in [0.1, 0.15) is 6.04 Å². The molecule has 2 fully saturated rings. The molecule has 3 unspecified atom stereocenters. The summed E-state index contributed by atoms with van der Waals surface area (Å²) in [5, 5.41) is 5.22. The van der Waals surface area contributed by atoms with Crippen molar-refractivity contribution in [2.45, 2.75) is 58.0 Å². The summed E-state index contributed by atoms with van der Waals surface area (Å²) in [5.74, 6) is 0.231. The van der Waals surface area contributed by atoms with E-state index in [2.05, 4.69) is 10.1 Å². The van der Waals surface area contributed by atoms with Crippen LogP contribution in [0.2, 0.25) is 0 Å². The highest BCUT2D eigenvalue weighted by Gasteiger charge is 2.48. The Labute approximate surface area is 170 Å². The summed E-state index contributed by atoms with van der Waals surface area (Å²) in [7, 11) is 3.19. The first-order valence-corrected chi connectivity index (χ1v) is 10.2. The Hall–Kier alpha value is -2.64. The van der Waals surface area contributed by atoms with E-state index in [1.165, 1.54) is 7.11 Å². The van der Waals surface area contributed by atoms with Crippen LogP contribution in [0.25, 0.3) is 11.0 Å². The fourth-order valence-corrected chi connectivity index (χ4v) is 5.02. The molecule has 3 atom stereocenters. The van der Waals surface area contributed by atoms with E-state index in [0.29, 0.717) is 18.2 Å². The number of aryl methyl sites for hydroxylation is 3. The molecular weight excluding hydrogens is 372 g/mol. The molecule has 156 valence electrons. The second-order valence-corrected chi connectivity index (χ2v) is 8.18. The molecule has 1 saturated heterocycles. The summed E-state index contributed by atoms with van der Waals surface area (Å²) >= 11 is 0. The number of carbonyl (C=O) groups is 2. The van der Waals surface area contributed by atoms with Gasteiger partial charge in [-0.05, 0) is 50.7 Å². The van der Waals surface area contributed by atoms with Crippen LogP contribution in [0.3, 0.4) is 0 Å². The third kappa shape index (κ3) is 3.45. The summed E-state index contributed by atoms with van der Waals surface area (Å²) in [6.07, 6.45) is 4.89. The SMILES string of the molecule is COC(=O)C1CC2CCCCC2N1C(=O)COc1nn(C)c2nc(C)cc(C)c12. The molecule has 0 spiro atoms. The monoisotopic (exact) mass is 400 g/mol. The molecule has 1 saturated carbocycles. The number of amides is 1. The van der Waals surface area contributed by atoms with Gasteiger partial charge in [-0.3, -0.25) is 4.79 Å². The lowest BCUT2D eigenvalue weighted by Gasteiger charge is -2.33. The zero-order valence-corrected chi connectivity index (χ0v) is 17.5. The highest BCUT2D eigenvalue weighted by atomic mass is 16.5. The largest absolute Gasteiger partial charge is 0.467 e. The molecule has 2 aromatic rings. The first-order valence-electron chi connectivity index (χ1n) is 10.2. The molecule has 0 bridgehead atoms. The number of hydrogen-bond acceptors (Lipinski definition) is 6. The maximum Gasteiger partial charge on any atom is 0.328 e. The molecule has 1 aliphatic heterocycles. The van der Waals surface area contributed by atoms with E-state index in [0.717, 1.165) is 48.0 Å². The Morgan fingerprint density at radius 2 is 2.00 bits per heavy atom. The smallest absolute Gasteiger partial charge is 0.328 e. The van der Waals surface area contributed by atoms with Crippen molar-refractivity contribution in [3.05, 3.63) is 17.3 Å². The maximum absolute atomic E-state index is 13.1. The van der Waals surface area contributed by atoms with Crippen molar-refractivity contribution in [2.75, 3.05) is 13.7 Å². The summed E-state index contributed by atoms with van der Waals surface area (Å²) < 4.78 is 12.5. The van der Waals surface area contributed by atoms with Gasteiger partial charge in [0.25, 0.3) is 5.91 Å². The summed E-state index contributed by atoms with van der Waals surface area (Å²) in [6.45, 7) is 3.76. The van der Waals surface area contributed by atoms with Crippen molar-refractivity contribution in [3.63, 3.8) is 0 Å². The lowest BCUT2D eigenvalue weighted by Crippen LogP contribution is -2.48. The molecule has 4 rings (SSSR count). The number of pyridine rings is 1. The first-order chi connectivity index (χ1) is 13.9. The van der Waals surface area contributed by atoms with Crippen LogP contribution in [0.5, 0.6) is 5.88 Å². The van der Waals surface area contributed by atoms with Crippen molar-refractivity contribution in [2.24, 2.45) is 13.0 Å². The van der Waals surface area contributed by atoms with Gasteiger partial charge in [0.15, 0.2) is 12.3 Å². The quantitative estimate of drug-likeness (QED) is 0.732.